The molecule has 0 aliphatic carbocycles. The summed E-state index contributed by atoms with van der Waals surface area (Å²) in [6.45, 7) is 1.67. The quantitative estimate of drug-likeness (QED) is 0.482. The lowest BCUT2D eigenvalue weighted by Crippen LogP contribution is -2.36. The van der Waals surface area contributed by atoms with Gasteiger partial charge in [-0.2, -0.15) is 0 Å². The average molecular weight is 427 g/mol. The molecule has 0 saturated heterocycles. The van der Waals surface area contributed by atoms with Crippen LogP contribution in [0.5, 0.6) is 0 Å². The zero-order valence-electron chi connectivity index (χ0n) is 16.0. The second-order valence-corrected chi connectivity index (χ2v) is 6.89. The van der Waals surface area contributed by atoms with Crippen molar-refractivity contribution in [3.63, 3.8) is 0 Å². The van der Waals surface area contributed by atoms with Gasteiger partial charge >= 0.3 is 6.03 Å². The summed E-state index contributed by atoms with van der Waals surface area (Å²) in [6.07, 6.45) is 0. The molecule has 3 aromatic carbocycles. The molecule has 30 heavy (non-hydrogen) atoms. The number of urea groups is 1. The van der Waals surface area contributed by atoms with E-state index in [1.54, 1.807) is 55.5 Å². The molecule has 154 valence electrons. The molecule has 8 heteroatoms. The summed E-state index contributed by atoms with van der Waals surface area (Å²) in [5, 5.41) is 5.26. The van der Waals surface area contributed by atoms with Crippen molar-refractivity contribution >= 4 is 36.1 Å². The van der Waals surface area contributed by atoms with Crippen LogP contribution >= 0.6 is 12.8 Å². The van der Waals surface area contributed by atoms with Crippen LogP contribution in [0.4, 0.5) is 25.0 Å². The Kier molecular flexibility index (Phi) is 6.68. The summed E-state index contributed by atoms with van der Waals surface area (Å²) < 4.78 is 28.6. The number of nitrogens with one attached hydrogen (secondary N) is 2. The maximum atomic E-state index is 13.9. The van der Waals surface area contributed by atoms with E-state index in [1.807, 2.05) is 0 Å². The minimum absolute atomic E-state index is 0.0705. The first-order valence-corrected chi connectivity index (χ1v) is 9.46. The Balaban J connectivity index is 1.64. The van der Waals surface area contributed by atoms with Gasteiger partial charge in [-0.3, -0.25) is 4.79 Å². The predicted octanol–water partition coefficient (Wildman–Crippen LogP) is 5.34. The van der Waals surface area contributed by atoms with Gasteiger partial charge in [0.05, 0.1) is 17.3 Å². The molecule has 3 aromatic rings. The minimum atomic E-state index is -0.617. The van der Waals surface area contributed by atoms with Crippen molar-refractivity contribution in [3.8, 4) is 0 Å². The summed E-state index contributed by atoms with van der Waals surface area (Å²) in [5.41, 5.74) is 1.15. The first-order chi connectivity index (χ1) is 14.4. The third-order valence-corrected chi connectivity index (χ3v) is 4.80. The monoisotopic (exact) mass is 427 g/mol. The number of halogens is 2. The minimum Gasteiger partial charge on any atom is -0.330 e. The van der Waals surface area contributed by atoms with Gasteiger partial charge in [-0.1, -0.05) is 43.1 Å². The highest BCUT2D eigenvalue weighted by molar-refractivity contribution is 7.82. The molecule has 0 bridgehead atoms. The van der Waals surface area contributed by atoms with Gasteiger partial charge < -0.3 is 10.6 Å². The third-order valence-electron chi connectivity index (χ3n) is 4.39. The largest absolute Gasteiger partial charge is 0.332 e. The number of anilines is 2. The van der Waals surface area contributed by atoms with Crippen molar-refractivity contribution in [2.75, 3.05) is 9.62 Å². The molecule has 0 heterocycles. The summed E-state index contributed by atoms with van der Waals surface area (Å²) in [7, 11) is 0. The predicted molar refractivity (Wildman–Crippen MR) is 116 cm³/mol. The van der Waals surface area contributed by atoms with Crippen LogP contribution in [-0.2, 0) is 0 Å². The highest BCUT2D eigenvalue weighted by Crippen LogP contribution is 2.22. The van der Waals surface area contributed by atoms with E-state index in [4.69, 9.17) is 0 Å². The van der Waals surface area contributed by atoms with Gasteiger partial charge in [-0.15, -0.1) is 0 Å². The average Bonchev–Trinajstić information content (AvgIpc) is 2.74. The van der Waals surface area contributed by atoms with E-state index in [0.29, 0.717) is 16.9 Å². The zero-order valence-corrected chi connectivity index (χ0v) is 16.9. The molecule has 1 unspecified atom stereocenters. The van der Waals surface area contributed by atoms with E-state index in [-0.39, 0.29) is 5.56 Å². The normalized spacial score (nSPS) is 11.5. The van der Waals surface area contributed by atoms with Crippen molar-refractivity contribution < 1.29 is 18.4 Å². The summed E-state index contributed by atoms with van der Waals surface area (Å²) in [4.78, 5) is 24.6. The van der Waals surface area contributed by atoms with Gasteiger partial charge in [0.1, 0.15) is 11.6 Å². The first-order valence-electron chi connectivity index (χ1n) is 9.06. The van der Waals surface area contributed by atoms with Gasteiger partial charge in [0.25, 0.3) is 5.91 Å². The highest BCUT2D eigenvalue weighted by Gasteiger charge is 2.18. The van der Waals surface area contributed by atoms with Crippen LogP contribution in [0.25, 0.3) is 0 Å². The fraction of sp³-hybridized carbons (Fsp3) is 0.0909. The Morgan fingerprint density at radius 1 is 0.900 bits per heavy atom. The van der Waals surface area contributed by atoms with E-state index in [9.17, 15) is 18.4 Å². The number of hydrogen-bond donors (Lipinski definition) is 3. The summed E-state index contributed by atoms with van der Waals surface area (Å²) in [5.74, 6) is -1.61. The molecule has 3 rings (SSSR count). The molecule has 3 amide bonds. The molecule has 0 spiro atoms. The van der Waals surface area contributed by atoms with Gasteiger partial charge in [0.2, 0.25) is 0 Å². The zero-order chi connectivity index (χ0) is 21.7. The van der Waals surface area contributed by atoms with Crippen LogP contribution in [0.2, 0.25) is 0 Å². The topological polar surface area (TPSA) is 61.4 Å². The third kappa shape index (κ3) is 4.96. The van der Waals surface area contributed by atoms with Crippen LogP contribution in [0.1, 0.15) is 28.9 Å². The molecule has 0 aliphatic heterocycles. The number of benzene rings is 3. The maximum absolute atomic E-state index is 13.9. The van der Waals surface area contributed by atoms with Crippen LogP contribution < -0.4 is 14.9 Å². The lowest BCUT2D eigenvalue weighted by atomic mass is 10.1. The molecule has 0 fully saturated rings. The Labute approximate surface area is 178 Å². The number of rotatable bonds is 5. The van der Waals surface area contributed by atoms with Gasteiger partial charge in [-0.25, -0.2) is 17.9 Å². The first kappa shape index (κ1) is 21.3. The molecule has 0 aliphatic rings. The number of amides is 3. The molecule has 1 atom stereocenters. The molecule has 0 radical (unpaired) electrons. The Morgan fingerprint density at radius 2 is 1.50 bits per heavy atom. The molecule has 2 N–H and O–H groups in total. The smallest absolute Gasteiger partial charge is 0.330 e. The molecule has 0 aromatic heterocycles. The number of carbonyl (C=O) groups is 2. The van der Waals surface area contributed by atoms with Crippen LogP contribution in [0.15, 0.2) is 72.8 Å². The van der Waals surface area contributed by atoms with Crippen molar-refractivity contribution in [2.45, 2.75) is 13.0 Å². The maximum Gasteiger partial charge on any atom is 0.332 e. The van der Waals surface area contributed by atoms with Gasteiger partial charge in [0.15, 0.2) is 0 Å². The van der Waals surface area contributed by atoms with Crippen LogP contribution in [-0.4, -0.2) is 11.9 Å². The number of carbonyl (C=O) groups excluding carboxylic acids is 2. The molecule has 5 nitrogen and oxygen atoms in total. The summed E-state index contributed by atoms with van der Waals surface area (Å²) >= 11 is 4.19. The summed E-state index contributed by atoms with van der Waals surface area (Å²) in [6, 6.07) is 17.0. The standard InChI is InChI=1S/C22H19F2N3O2S/c1-14(17-6-2-4-8-19(17)23)25-22(29)27(30)16-12-10-15(11-13-16)26-21(28)18-7-3-5-9-20(18)24/h2-14,30H,1H3,(H,25,29)(H,26,28). The highest BCUT2D eigenvalue weighted by atomic mass is 32.1. The molecule has 0 saturated carbocycles. The SMILES string of the molecule is CC(NC(=O)N(S)c1ccc(NC(=O)c2ccccc2F)cc1)c1ccccc1F. The van der Waals surface area contributed by atoms with E-state index >= 15 is 0 Å². The van der Waals surface area contributed by atoms with E-state index in [0.717, 1.165) is 4.31 Å². The lowest BCUT2D eigenvalue weighted by molar-refractivity contribution is 0.102. The molecular formula is C22H19F2N3O2S. The number of thiol groups is 1. The van der Waals surface area contributed by atoms with Gasteiger partial charge in [-0.05, 0) is 49.4 Å². The fourth-order valence-corrected chi connectivity index (χ4v) is 2.99. The van der Waals surface area contributed by atoms with Crippen LogP contribution in [0, 0.1) is 11.6 Å². The Morgan fingerprint density at radius 3 is 2.13 bits per heavy atom. The van der Waals surface area contributed by atoms with Crippen molar-refractivity contribution in [2.24, 2.45) is 0 Å². The Hall–Kier alpha value is -3.39. The van der Waals surface area contributed by atoms with Crippen molar-refractivity contribution in [3.05, 3.63) is 95.6 Å². The number of hydrogen-bond acceptors (Lipinski definition) is 3. The van der Waals surface area contributed by atoms with E-state index < -0.39 is 29.6 Å². The van der Waals surface area contributed by atoms with Crippen molar-refractivity contribution in [1.29, 1.82) is 0 Å². The fourth-order valence-electron chi connectivity index (χ4n) is 2.80. The Bertz CT molecular complexity index is 1060. The van der Waals surface area contributed by atoms with E-state index in [2.05, 4.69) is 23.4 Å². The second-order valence-electron chi connectivity index (χ2n) is 6.49. The lowest BCUT2D eigenvalue weighted by Gasteiger charge is -2.21. The van der Waals surface area contributed by atoms with Crippen LogP contribution in [0.3, 0.4) is 0 Å². The second kappa shape index (κ2) is 9.41. The van der Waals surface area contributed by atoms with Crippen molar-refractivity contribution in [1.82, 2.24) is 5.32 Å². The van der Waals surface area contributed by atoms with E-state index in [1.165, 1.54) is 24.3 Å². The number of nitrogens with zero attached hydrogens (tertiary/aromatic N) is 1. The molecular weight excluding hydrogens is 408 g/mol. The van der Waals surface area contributed by atoms with Gasteiger partial charge in [0, 0.05) is 11.3 Å².